The summed E-state index contributed by atoms with van der Waals surface area (Å²) in [5, 5.41) is 17.1. The summed E-state index contributed by atoms with van der Waals surface area (Å²) in [6.07, 6.45) is 3.29. The molecule has 0 saturated heterocycles. The molecular formula is C20H18N8. The van der Waals surface area contributed by atoms with E-state index in [1.165, 1.54) is 6.33 Å². The van der Waals surface area contributed by atoms with Gasteiger partial charge in [-0.05, 0) is 13.8 Å². The summed E-state index contributed by atoms with van der Waals surface area (Å²) in [6.45, 7) is 3.91. The van der Waals surface area contributed by atoms with Crippen LogP contribution >= 0.6 is 0 Å². The summed E-state index contributed by atoms with van der Waals surface area (Å²) < 4.78 is 1.76. The van der Waals surface area contributed by atoms with Gasteiger partial charge < -0.3 is 11.1 Å². The van der Waals surface area contributed by atoms with Crippen molar-refractivity contribution in [3.63, 3.8) is 0 Å². The SMILES string of the molecule is Cc1cc2nc(-c3ccccc3)c([C@H](C)Nc3ncnc(N)c3C#N)cn2n1. The summed E-state index contributed by atoms with van der Waals surface area (Å²) in [5.41, 5.74) is 10.4. The van der Waals surface area contributed by atoms with E-state index < -0.39 is 0 Å². The lowest BCUT2D eigenvalue weighted by molar-refractivity contribution is 0.825. The molecule has 0 aliphatic rings. The van der Waals surface area contributed by atoms with Gasteiger partial charge in [-0.3, -0.25) is 0 Å². The van der Waals surface area contributed by atoms with Crippen molar-refractivity contribution in [2.45, 2.75) is 19.9 Å². The second-order valence-corrected chi connectivity index (χ2v) is 6.46. The van der Waals surface area contributed by atoms with Crippen LogP contribution in [0.25, 0.3) is 16.9 Å². The number of hydrogen-bond acceptors (Lipinski definition) is 7. The van der Waals surface area contributed by atoms with Crippen molar-refractivity contribution in [1.82, 2.24) is 24.6 Å². The molecule has 3 aromatic heterocycles. The van der Waals surface area contributed by atoms with Crippen molar-refractivity contribution in [3.8, 4) is 17.3 Å². The highest BCUT2D eigenvalue weighted by Gasteiger charge is 2.18. The average Bonchev–Trinajstić information content (AvgIpc) is 3.07. The highest BCUT2D eigenvalue weighted by atomic mass is 15.2. The molecule has 1 aromatic carbocycles. The standard InChI is InChI=1S/C20H18N8/c1-12-8-17-26-18(14-6-4-3-5-7-14)16(10-28(17)27-12)13(2)25-20-15(9-21)19(22)23-11-24-20/h3-8,10-11,13H,1-2H3,(H3,22,23,24,25)/t13-/m0/s1. The minimum Gasteiger partial charge on any atom is -0.382 e. The summed E-state index contributed by atoms with van der Waals surface area (Å²) in [4.78, 5) is 12.9. The Labute approximate surface area is 161 Å². The number of rotatable bonds is 4. The number of nitriles is 1. The number of fused-ring (bicyclic) bond motifs is 1. The molecule has 0 radical (unpaired) electrons. The highest BCUT2D eigenvalue weighted by Crippen LogP contribution is 2.30. The van der Waals surface area contributed by atoms with Crippen LogP contribution in [0.3, 0.4) is 0 Å². The molecule has 0 aliphatic heterocycles. The third-order valence-electron chi connectivity index (χ3n) is 4.45. The first kappa shape index (κ1) is 17.4. The van der Waals surface area contributed by atoms with Crippen LogP contribution < -0.4 is 11.1 Å². The molecule has 4 aromatic rings. The van der Waals surface area contributed by atoms with Gasteiger partial charge in [0.25, 0.3) is 0 Å². The van der Waals surface area contributed by atoms with Gasteiger partial charge in [0.05, 0.1) is 17.4 Å². The number of nitrogens with zero attached hydrogens (tertiary/aromatic N) is 6. The molecule has 0 bridgehead atoms. The Kier molecular flexibility index (Phi) is 4.33. The number of nitrogens with two attached hydrogens (primary N) is 1. The highest BCUT2D eigenvalue weighted by molar-refractivity contribution is 5.68. The molecule has 3 heterocycles. The lowest BCUT2D eigenvalue weighted by Crippen LogP contribution is -2.14. The van der Waals surface area contributed by atoms with Crippen molar-refractivity contribution in [2.75, 3.05) is 11.1 Å². The largest absolute Gasteiger partial charge is 0.382 e. The van der Waals surface area contributed by atoms with E-state index in [9.17, 15) is 5.26 Å². The number of nitrogen functional groups attached to an aromatic ring is 1. The smallest absolute Gasteiger partial charge is 0.155 e. The quantitative estimate of drug-likeness (QED) is 0.566. The Morgan fingerprint density at radius 3 is 2.75 bits per heavy atom. The van der Waals surface area contributed by atoms with Crippen LogP contribution in [0.15, 0.2) is 48.9 Å². The van der Waals surface area contributed by atoms with Crippen LogP contribution in [0.2, 0.25) is 0 Å². The minimum absolute atomic E-state index is 0.145. The second-order valence-electron chi connectivity index (χ2n) is 6.46. The summed E-state index contributed by atoms with van der Waals surface area (Å²) in [5.74, 6) is 0.532. The first-order chi connectivity index (χ1) is 13.6. The van der Waals surface area contributed by atoms with Crippen molar-refractivity contribution in [3.05, 3.63) is 65.7 Å². The predicted molar refractivity (Wildman–Crippen MR) is 106 cm³/mol. The van der Waals surface area contributed by atoms with Crippen LogP contribution in [-0.2, 0) is 0 Å². The zero-order valence-corrected chi connectivity index (χ0v) is 15.5. The third-order valence-corrected chi connectivity index (χ3v) is 4.45. The maximum atomic E-state index is 9.38. The number of aromatic nitrogens is 5. The zero-order chi connectivity index (χ0) is 19.7. The molecule has 138 valence electrons. The maximum Gasteiger partial charge on any atom is 0.155 e. The van der Waals surface area contributed by atoms with Crippen molar-refractivity contribution >= 4 is 17.3 Å². The molecule has 0 spiro atoms. The summed E-state index contributed by atoms with van der Waals surface area (Å²) in [7, 11) is 0. The summed E-state index contributed by atoms with van der Waals surface area (Å²) >= 11 is 0. The fraction of sp³-hybridized carbons (Fsp3) is 0.150. The number of hydrogen-bond donors (Lipinski definition) is 2. The van der Waals surface area contributed by atoms with Crippen LogP contribution in [0, 0.1) is 18.3 Å². The number of aryl methyl sites for hydroxylation is 1. The molecule has 8 nitrogen and oxygen atoms in total. The van der Waals surface area contributed by atoms with Crippen LogP contribution in [-0.4, -0.2) is 24.6 Å². The molecule has 3 N–H and O–H groups in total. The molecule has 4 rings (SSSR count). The van der Waals surface area contributed by atoms with E-state index in [0.717, 1.165) is 28.2 Å². The molecule has 0 amide bonds. The van der Waals surface area contributed by atoms with Crippen molar-refractivity contribution < 1.29 is 0 Å². The van der Waals surface area contributed by atoms with Gasteiger partial charge in [0.15, 0.2) is 5.65 Å². The van der Waals surface area contributed by atoms with Gasteiger partial charge >= 0.3 is 0 Å². The Morgan fingerprint density at radius 1 is 1.21 bits per heavy atom. The second kappa shape index (κ2) is 6.96. The summed E-state index contributed by atoms with van der Waals surface area (Å²) in [6, 6.07) is 13.7. The molecule has 0 aliphatic carbocycles. The van der Waals surface area contributed by atoms with Gasteiger partial charge in [-0.1, -0.05) is 30.3 Å². The molecule has 28 heavy (non-hydrogen) atoms. The van der Waals surface area contributed by atoms with E-state index in [-0.39, 0.29) is 17.4 Å². The van der Waals surface area contributed by atoms with Gasteiger partial charge in [0, 0.05) is 23.4 Å². The Hall–Kier alpha value is -3.99. The average molecular weight is 370 g/mol. The Morgan fingerprint density at radius 2 is 2.00 bits per heavy atom. The molecule has 0 unspecified atom stereocenters. The third kappa shape index (κ3) is 3.10. The zero-order valence-electron chi connectivity index (χ0n) is 15.5. The lowest BCUT2D eigenvalue weighted by Gasteiger charge is -2.19. The maximum absolute atomic E-state index is 9.38. The van der Waals surface area contributed by atoms with E-state index in [0.29, 0.717) is 5.82 Å². The van der Waals surface area contributed by atoms with Gasteiger partial charge in [-0.25, -0.2) is 19.5 Å². The van der Waals surface area contributed by atoms with Crippen LogP contribution in [0.4, 0.5) is 11.6 Å². The van der Waals surface area contributed by atoms with E-state index >= 15 is 0 Å². The van der Waals surface area contributed by atoms with Gasteiger partial charge in [0.1, 0.15) is 29.6 Å². The molecular weight excluding hydrogens is 352 g/mol. The number of benzene rings is 1. The first-order valence-electron chi connectivity index (χ1n) is 8.76. The topological polar surface area (TPSA) is 118 Å². The minimum atomic E-state index is -0.210. The van der Waals surface area contributed by atoms with Gasteiger partial charge in [-0.2, -0.15) is 10.4 Å². The number of anilines is 2. The van der Waals surface area contributed by atoms with Gasteiger partial charge in [-0.15, -0.1) is 0 Å². The van der Waals surface area contributed by atoms with Crippen molar-refractivity contribution in [2.24, 2.45) is 0 Å². The molecule has 0 fully saturated rings. The Bertz CT molecular complexity index is 1190. The normalized spacial score (nSPS) is 11.9. The first-order valence-corrected chi connectivity index (χ1v) is 8.76. The van der Waals surface area contributed by atoms with E-state index in [4.69, 9.17) is 10.7 Å². The predicted octanol–water partition coefficient (Wildman–Crippen LogP) is 3.12. The fourth-order valence-electron chi connectivity index (χ4n) is 3.10. The van der Waals surface area contributed by atoms with Crippen LogP contribution in [0.1, 0.15) is 29.8 Å². The monoisotopic (exact) mass is 370 g/mol. The molecule has 8 heteroatoms. The van der Waals surface area contributed by atoms with Gasteiger partial charge in [0.2, 0.25) is 0 Å². The van der Waals surface area contributed by atoms with E-state index in [1.807, 2.05) is 56.4 Å². The molecule has 1 atom stereocenters. The lowest BCUT2D eigenvalue weighted by atomic mass is 10.0. The van der Waals surface area contributed by atoms with E-state index in [2.05, 4.69) is 26.5 Å². The molecule has 0 saturated carbocycles. The fourth-order valence-corrected chi connectivity index (χ4v) is 3.10. The Balaban J connectivity index is 1.83. The number of nitrogens with one attached hydrogen (secondary N) is 1. The van der Waals surface area contributed by atoms with Crippen molar-refractivity contribution in [1.29, 1.82) is 5.26 Å². The van der Waals surface area contributed by atoms with E-state index in [1.54, 1.807) is 4.52 Å². The van der Waals surface area contributed by atoms with Crippen LogP contribution in [0.5, 0.6) is 0 Å².